The number of nitrogens with one attached hydrogen (secondary N) is 1. The summed E-state index contributed by atoms with van der Waals surface area (Å²) in [4.78, 5) is 67.7. The third-order valence-electron chi connectivity index (χ3n) is 7.78. The van der Waals surface area contributed by atoms with E-state index in [-0.39, 0.29) is 17.1 Å². The van der Waals surface area contributed by atoms with Gasteiger partial charge in [0.15, 0.2) is 30.7 Å². The van der Waals surface area contributed by atoms with Crippen molar-refractivity contribution in [3.05, 3.63) is 87.5 Å². The van der Waals surface area contributed by atoms with Crippen LogP contribution in [0, 0.1) is 0 Å². The standard InChI is InChI=1S/C32H37FN5O13P/c1-18(2)50-27(42)19(3)38(21-11-6-7-12-22(21)39)52(46)49-16-23-26(41)32(4,33)29(51-23)36-15-13-24(40)37(31(36)45)17-48-28(43)25(35-30(44)47-5)20-10-8-9-14-34-20/h6-15,18-19,23,25-26,29,41H,16-17H2,1-5H3,(H-,35,39,44)/p+1/t19-,23+,25?,26+,29+,32+/m0/s1. The maximum atomic E-state index is 16.1. The van der Waals surface area contributed by atoms with E-state index in [4.69, 9.17) is 18.7 Å². The number of methoxy groups -OCH3 is 1. The summed E-state index contributed by atoms with van der Waals surface area (Å²) in [5, 5.41) is 23.6. The number of ether oxygens (including phenoxy) is 4. The zero-order chi connectivity index (χ0) is 38.3. The Balaban J connectivity index is 1.53. The zero-order valence-electron chi connectivity index (χ0n) is 28.7. The normalized spacial score (nSPS) is 21.2. The second-order valence-electron chi connectivity index (χ2n) is 11.8. The molecule has 0 radical (unpaired) electrons. The summed E-state index contributed by atoms with van der Waals surface area (Å²) >= 11 is 0. The molecule has 0 saturated carbocycles. The molecule has 0 aliphatic carbocycles. The Bertz CT molecular complexity index is 1890. The van der Waals surface area contributed by atoms with Gasteiger partial charge in [-0.1, -0.05) is 18.2 Å². The molecule has 1 saturated heterocycles. The van der Waals surface area contributed by atoms with Crippen LogP contribution in [0.4, 0.5) is 14.9 Å². The third kappa shape index (κ3) is 8.79. The number of aromatic nitrogens is 3. The average molecular weight is 751 g/mol. The van der Waals surface area contributed by atoms with Crippen LogP contribution in [0.2, 0.25) is 0 Å². The van der Waals surface area contributed by atoms with Crippen molar-refractivity contribution in [2.45, 2.75) is 76.7 Å². The summed E-state index contributed by atoms with van der Waals surface area (Å²) < 4.78 is 57.8. The molecule has 280 valence electrons. The first-order valence-corrected chi connectivity index (χ1v) is 16.9. The van der Waals surface area contributed by atoms with Gasteiger partial charge in [-0.05, 0) is 56.5 Å². The molecular formula is C32H38FN5O13P+. The number of benzene rings is 1. The average Bonchev–Trinajstić information content (AvgIpc) is 3.33. The first kappa shape index (κ1) is 39.6. The van der Waals surface area contributed by atoms with Crippen LogP contribution in [-0.4, -0.2) is 86.1 Å². The SMILES string of the molecule is COC(=O)NC(C(=O)OCn1c(=O)ccn([C@@H]2O[C@H](CO[P+](=O)N(c3ccccc3O)[C@@H](C)C(=O)OC(C)C)[C@@H](O)[C@@]2(C)F)c1=O)c1ccccn1. The number of aliphatic hydroxyl groups is 1. The van der Waals surface area contributed by atoms with Crippen LogP contribution in [0.5, 0.6) is 5.75 Å². The van der Waals surface area contributed by atoms with Crippen molar-refractivity contribution in [2.75, 3.05) is 18.4 Å². The van der Waals surface area contributed by atoms with Crippen LogP contribution < -0.4 is 21.2 Å². The monoisotopic (exact) mass is 750 g/mol. The number of alkyl halides is 1. The van der Waals surface area contributed by atoms with Crippen molar-refractivity contribution in [3.63, 3.8) is 0 Å². The first-order chi connectivity index (χ1) is 24.6. The minimum Gasteiger partial charge on any atom is -0.506 e. The number of para-hydroxylation sites is 2. The van der Waals surface area contributed by atoms with Gasteiger partial charge >= 0.3 is 31.9 Å². The molecule has 3 N–H and O–H groups in total. The predicted octanol–water partition coefficient (Wildman–Crippen LogP) is 2.22. The largest absolute Gasteiger partial charge is 0.646 e. The highest BCUT2D eigenvalue weighted by molar-refractivity contribution is 7.41. The number of amides is 1. The number of aliphatic hydroxyl groups excluding tert-OH is 1. The molecule has 2 unspecified atom stereocenters. The Morgan fingerprint density at radius 3 is 2.44 bits per heavy atom. The number of anilines is 1. The van der Waals surface area contributed by atoms with Crippen molar-refractivity contribution < 1.29 is 57.0 Å². The summed E-state index contributed by atoms with van der Waals surface area (Å²) in [5.74, 6) is -2.24. The number of phenols is 1. The molecule has 4 rings (SSSR count). The summed E-state index contributed by atoms with van der Waals surface area (Å²) in [6.45, 7) is 3.82. The molecule has 1 fully saturated rings. The molecular weight excluding hydrogens is 712 g/mol. The Labute approximate surface area is 296 Å². The number of alkyl carbamates (subject to hydrolysis) is 1. The molecule has 1 aliphatic rings. The number of hydrogen-bond donors (Lipinski definition) is 3. The van der Waals surface area contributed by atoms with Crippen LogP contribution in [0.25, 0.3) is 0 Å². The minimum absolute atomic E-state index is 0.0418. The van der Waals surface area contributed by atoms with Gasteiger partial charge in [0, 0.05) is 18.5 Å². The fourth-order valence-corrected chi connectivity index (χ4v) is 6.21. The van der Waals surface area contributed by atoms with Gasteiger partial charge in [0.05, 0.1) is 18.9 Å². The third-order valence-corrected chi connectivity index (χ3v) is 9.07. The van der Waals surface area contributed by atoms with Gasteiger partial charge < -0.3 is 34.5 Å². The lowest BCUT2D eigenvalue weighted by molar-refractivity contribution is -0.151. The highest BCUT2D eigenvalue weighted by atomic mass is 31.1. The second-order valence-corrected chi connectivity index (χ2v) is 13.0. The van der Waals surface area contributed by atoms with Gasteiger partial charge in [-0.3, -0.25) is 14.3 Å². The van der Waals surface area contributed by atoms with Gasteiger partial charge in [0.25, 0.3) is 5.56 Å². The molecule has 7 atom stereocenters. The van der Waals surface area contributed by atoms with E-state index < -0.39 is 93.1 Å². The van der Waals surface area contributed by atoms with E-state index in [0.717, 1.165) is 31.0 Å². The number of aromatic hydroxyl groups is 1. The molecule has 0 spiro atoms. The summed E-state index contributed by atoms with van der Waals surface area (Å²) in [7, 11) is -1.95. The van der Waals surface area contributed by atoms with Crippen molar-refractivity contribution in [1.29, 1.82) is 0 Å². The lowest BCUT2D eigenvalue weighted by Crippen LogP contribution is -2.47. The lowest BCUT2D eigenvalue weighted by atomic mass is 9.98. The fourth-order valence-electron chi connectivity index (χ4n) is 5.09. The molecule has 3 heterocycles. The van der Waals surface area contributed by atoms with E-state index in [1.807, 2.05) is 0 Å². The molecule has 20 heteroatoms. The molecule has 1 aromatic carbocycles. The number of esters is 2. The van der Waals surface area contributed by atoms with Crippen LogP contribution in [0.3, 0.4) is 0 Å². The highest BCUT2D eigenvalue weighted by Gasteiger charge is 2.56. The number of hydrogen-bond acceptors (Lipinski definition) is 14. The molecule has 2 aromatic heterocycles. The molecule has 18 nitrogen and oxygen atoms in total. The summed E-state index contributed by atoms with van der Waals surface area (Å²) in [6, 6.07) is 8.35. The molecule has 1 aliphatic heterocycles. The number of nitrogens with zero attached hydrogens (tertiary/aromatic N) is 4. The molecule has 3 aromatic rings. The van der Waals surface area contributed by atoms with Crippen LogP contribution in [0.1, 0.15) is 45.7 Å². The van der Waals surface area contributed by atoms with Crippen LogP contribution >= 0.6 is 8.18 Å². The Morgan fingerprint density at radius 1 is 1.12 bits per heavy atom. The maximum absolute atomic E-state index is 16.1. The van der Waals surface area contributed by atoms with Gasteiger partial charge in [-0.25, -0.2) is 28.1 Å². The Morgan fingerprint density at radius 2 is 1.81 bits per heavy atom. The predicted molar refractivity (Wildman–Crippen MR) is 178 cm³/mol. The topological polar surface area (TPSA) is 227 Å². The summed E-state index contributed by atoms with van der Waals surface area (Å²) in [5.41, 5.74) is -4.84. The molecule has 0 bridgehead atoms. The Hall–Kier alpha value is -5.23. The number of carbonyl (C=O) groups excluding carboxylic acids is 3. The van der Waals surface area contributed by atoms with E-state index in [2.05, 4.69) is 15.0 Å². The second kappa shape index (κ2) is 16.9. The summed E-state index contributed by atoms with van der Waals surface area (Å²) in [6.07, 6.45) is -4.64. The number of halogens is 1. The van der Waals surface area contributed by atoms with Gasteiger partial charge in [-0.15, -0.1) is 9.19 Å². The van der Waals surface area contributed by atoms with E-state index in [0.29, 0.717) is 9.13 Å². The number of pyridine rings is 1. The maximum Gasteiger partial charge on any atom is 0.646 e. The molecule has 1 amide bonds. The number of carbonyl (C=O) groups is 3. The van der Waals surface area contributed by atoms with E-state index >= 15 is 4.39 Å². The zero-order valence-corrected chi connectivity index (χ0v) is 29.5. The van der Waals surface area contributed by atoms with Gasteiger partial charge in [0.2, 0.25) is 0 Å². The van der Waals surface area contributed by atoms with Gasteiger partial charge in [0.1, 0.15) is 30.3 Å². The number of phenolic OH excluding ortho intramolecular Hbond substituents is 1. The van der Waals surface area contributed by atoms with E-state index in [1.165, 1.54) is 49.5 Å². The number of rotatable bonds is 14. The first-order valence-electron chi connectivity index (χ1n) is 15.7. The van der Waals surface area contributed by atoms with Crippen LogP contribution in [0.15, 0.2) is 70.5 Å². The smallest absolute Gasteiger partial charge is 0.506 e. The fraction of sp³-hybridized carbons (Fsp3) is 0.438. The quantitative estimate of drug-likeness (QED) is 0.122. The van der Waals surface area contributed by atoms with Crippen molar-refractivity contribution in [3.8, 4) is 5.75 Å². The van der Waals surface area contributed by atoms with Crippen molar-refractivity contribution >= 4 is 31.9 Å². The van der Waals surface area contributed by atoms with Gasteiger partial charge in [-0.2, -0.15) is 0 Å². The highest BCUT2D eigenvalue weighted by Crippen LogP contribution is 2.44. The lowest BCUT2D eigenvalue weighted by Gasteiger charge is -2.25. The van der Waals surface area contributed by atoms with Crippen molar-refractivity contribution in [2.24, 2.45) is 0 Å². The van der Waals surface area contributed by atoms with Crippen LogP contribution in [-0.2, 0) is 44.4 Å². The van der Waals surface area contributed by atoms with E-state index in [9.17, 15) is 38.8 Å². The van der Waals surface area contributed by atoms with Crippen molar-refractivity contribution in [1.82, 2.24) is 19.4 Å². The minimum atomic E-state index is -3.02. The Kier molecular flexibility index (Phi) is 12.8. The molecule has 52 heavy (non-hydrogen) atoms. The van der Waals surface area contributed by atoms with E-state index in [1.54, 1.807) is 19.9 Å².